The molecule has 1 aromatic heterocycles. The molecular weight excluding hydrogens is 286 g/mol. The normalized spacial score (nSPS) is 11.1. The Hall–Kier alpha value is -1.45. The summed E-state index contributed by atoms with van der Waals surface area (Å²) in [5, 5.41) is 3.99. The van der Waals surface area contributed by atoms with Gasteiger partial charge in [-0.25, -0.2) is 0 Å². The summed E-state index contributed by atoms with van der Waals surface area (Å²) in [6.45, 7) is 8.53. The number of benzene rings is 1. The van der Waals surface area contributed by atoms with Crippen LogP contribution in [0.1, 0.15) is 30.9 Å². The fourth-order valence-corrected chi connectivity index (χ4v) is 2.21. The summed E-state index contributed by atoms with van der Waals surface area (Å²) in [4.78, 5) is 0. The maximum atomic E-state index is 6.06. The summed E-state index contributed by atoms with van der Waals surface area (Å²) in [7, 11) is 0. The van der Waals surface area contributed by atoms with E-state index in [4.69, 9.17) is 20.8 Å². The number of hydrogen-bond donors (Lipinski definition) is 1. The maximum Gasteiger partial charge on any atom is 0.146 e. The fraction of sp³-hybridized carbons (Fsp3) is 0.412. The van der Waals surface area contributed by atoms with E-state index in [0.29, 0.717) is 23.3 Å². The van der Waals surface area contributed by atoms with E-state index in [1.807, 2.05) is 30.3 Å². The third kappa shape index (κ3) is 4.80. The number of rotatable bonds is 7. The minimum atomic E-state index is 0.384. The highest BCUT2D eigenvalue weighted by Gasteiger charge is 2.09. The van der Waals surface area contributed by atoms with Crippen molar-refractivity contribution in [3.8, 4) is 5.75 Å². The first-order valence-corrected chi connectivity index (χ1v) is 7.60. The standard InChI is InChI=1S/C17H22ClNO2/c1-12(2)9-19-10-17-13(3)8-14(21-17)11-20-16-7-5-4-6-15(16)18/h4-8,12,19H,9-11H2,1-3H3. The van der Waals surface area contributed by atoms with Crippen molar-refractivity contribution in [2.24, 2.45) is 5.92 Å². The van der Waals surface area contributed by atoms with Crippen molar-refractivity contribution in [3.63, 3.8) is 0 Å². The van der Waals surface area contributed by atoms with Crippen molar-refractivity contribution in [2.45, 2.75) is 33.9 Å². The lowest BCUT2D eigenvalue weighted by Crippen LogP contribution is -2.18. The van der Waals surface area contributed by atoms with Gasteiger partial charge in [-0.1, -0.05) is 37.6 Å². The summed E-state index contributed by atoms with van der Waals surface area (Å²) in [6.07, 6.45) is 0. The maximum absolute atomic E-state index is 6.06. The molecule has 0 saturated heterocycles. The van der Waals surface area contributed by atoms with Gasteiger partial charge in [0.25, 0.3) is 0 Å². The number of para-hydroxylation sites is 1. The third-order valence-electron chi connectivity index (χ3n) is 3.12. The number of hydrogen-bond acceptors (Lipinski definition) is 3. The van der Waals surface area contributed by atoms with Crippen LogP contribution in [0.4, 0.5) is 0 Å². The SMILES string of the molecule is Cc1cc(COc2ccccc2Cl)oc1CNCC(C)C. The number of ether oxygens (including phenoxy) is 1. The van der Waals surface area contributed by atoms with E-state index >= 15 is 0 Å². The Kier molecular flexibility index (Phi) is 5.71. The van der Waals surface area contributed by atoms with Gasteiger partial charge in [0.05, 0.1) is 11.6 Å². The van der Waals surface area contributed by atoms with E-state index in [9.17, 15) is 0 Å². The Morgan fingerprint density at radius 3 is 2.76 bits per heavy atom. The van der Waals surface area contributed by atoms with Gasteiger partial charge in [0.1, 0.15) is 23.9 Å². The molecule has 0 aliphatic heterocycles. The van der Waals surface area contributed by atoms with Gasteiger partial charge in [-0.3, -0.25) is 0 Å². The number of aryl methyl sites for hydroxylation is 1. The molecule has 1 heterocycles. The molecule has 1 N–H and O–H groups in total. The largest absolute Gasteiger partial charge is 0.484 e. The minimum absolute atomic E-state index is 0.384. The van der Waals surface area contributed by atoms with Crippen molar-refractivity contribution in [1.29, 1.82) is 0 Å². The first-order chi connectivity index (χ1) is 10.1. The number of nitrogens with one attached hydrogen (secondary N) is 1. The predicted octanol–water partition coefficient (Wildman–Crippen LogP) is 4.57. The zero-order valence-electron chi connectivity index (χ0n) is 12.8. The highest BCUT2D eigenvalue weighted by molar-refractivity contribution is 6.32. The van der Waals surface area contributed by atoms with Gasteiger partial charge in [-0.05, 0) is 43.1 Å². The van der Waals surface area contributed by atoms with E-state index < -0.39 is 0 Å². The molecule has 0 spiro atoms. The molecule has 0 fully saturated rings. The van der Waals surface area contributed by atoms with Gasteiger partial charge in [-0.15, -0.1) is 0 Å². The molecule has 4 heteroatoms. The van der Waals surface area contributed by atoms with Crippen LogP contribution in [0.25, 0.3) is 0 Å². The van der Waals surface area contributed by atoms with Crippen LogP contribution < -0.4 is 10.1 Å². The molecule has 0 aliphatic rings. The Morgan fingerprint density at radius 2 is 2.05 bits per heavy atom. The van der Waals surface area contributed by atoms with Crippen molar-refractivity contribution in [2.75, 3.05) is 6.54 Å². The van der Waals surface area contributed by atoms with Crippen molar-refractivity contribution >= 4 is 11.6 Å². The second-order valence-corrected chi connectivity index (χ2v) is 5.97. The highest BCUT2D eigenvalue weighted by atomic mass is 35.5. The smallest absolute Gasteiger partial charge is 0.146 e. The van der Waals surface area contributed by atoms with Crippen molar-refractivity contribution < 1.29 is 9.15 Å². The third-order valence-corrected chi connectivity index (χ3v) is 3.43. The zero-order valence-corrected chi connectivity index (χ0v) is 13.5. The van der Waals surface area contributed by atoms with Crippen LogP contribution in [-0.2, 0) is 13.2 Å². The van der Waals surface area contributed by atoms with Gasteiger partial charge < -0.3 is 14.5 Å². The lowest BCUT2D eigenvalue weighted by atomic mass is 10.2. The van der Waals surface area contributed by atoms with Crippen LogP contribution in [0.2, 0.25) is 5.02 Å². The molecular formula is C17H22ClNO2. The molecule has 2 aromatic rings. The molecule has 114 valence electrons. The average molecular weight is 308 g/mol. The summed E-state index contributed by atoms with van der Waals surface area (Å²) < 4.78 is 11.5. The van der Waals surface area contributed by atoms with Crippen LogP contribution in [0.3, 0.4) is 0 Å². The molecule has 0 atom stereocenters. The molecule has 0 radical (unpaired) electrons. The first-order valence-electron chi connectivity index (χ1n) is 7.22. The molecule has 21 heavy (non-hydrogen) atoms. The molecule has 3 nitrogen and oxygen atoms in total. The zero-order chi connectivity index (χ0) is 15.2. The Bertz CT molecular complexity index is 578. The van der Waals surface area contributed by atoms with Crippen LogP contribution in [0, 0.1) is 12.8 Å². The Balaban J connectivity index is 1.91. The van der Waals surface area contributed by atoms with E-state index in [2.05, 4.69) is 26.1 Å². The summed E-state index contributed by atoms with van der Waals surface area (Å²) in [5.41, 5.74) is 1.14. The molecule has 0 unspecified atom stereocenters. The quantitative estimate of drug-likeness (QED) is 0.814. The van der Waals surface area contributed by atoms with Crippen LogP contribution in [0.15, 0.2) is 34.7 Å². The average Bonchev–Trinajstić information content (AvgIpc) is 2.78. The second-order valence-electron chi connectivity index (χ2n) is 5.56. The summed E-state index contributed by atoms with van der Waals surface area (Å²) in [6, 6.07) is 9.46. The number of halogens is 1. The van der Waals surface area contributed by atoms with Gasteiger partial charge in [0, 0.05) is 0 Å². The monoisotopic (exact) mass is 307 g/mol. The van der Waals surface area contributed by atoms with Crippen LogP contribution in [0.5, 0.6) is 5.75 Å². The van der Waals surface area contributed by atoms with Crippen LogP contribution >= 0.6 is 11.6 Å². The second kappa shape index (κ2) is 7.53. The lowest BCUT2D eigenvalue weighted by Gasteiger charge is -2.07. The van der Waals surface area contributed by atoms with Gasteiger partial charge >= 0.3 is 0 Å². The van der Waals surface area contributed by atoms with Crippen molar-refractivity contribution in [1.82, 2.24) is 5.32 Å². The van der Waals surface area contributed by atoms with Crippen molar-refractivity contribution in [3.05, 3.63) is 52.4 Å². The minimum Gasteiger partial charge on any atom is -0.484 e. The van der Waals surface area contributed by atoms with Crippen LogP contribution in [-0.4, -0.2) is 6.54 Å². The highest BCUT2D eigenvalue weighted by Crippen LogP contribution is 2.25. The molecule has 1 aromatic carbocycles. The van der Waals surface area contributed by atoms with E-state index in [1.54, 1.807) is 0 Å². The lowest BCUT2D eigenvalue weighted by molar-refractivity contribution is 0.265. The van der Waals surface area contributed by atoms with E-state index in [1.165, 1.54) is 0 Å². The summed E-state index contributed by atoms with van der Waals surface area (Å²) >= 11 is 6.06. The fourth-order valence-electron chi connectivity index (χ4n) is 2.02. The van der Waals surface area contributed by atoms with E-state index in [-0.39, 0.29) is 0 Å². The number of furan rings is 1. The Morgan fingerprint density at radius 1 is 1.29 bits per heavy atom. The molecule has 0 amide bonds. The van der Waals surface area contributed by atoms with Gasteiger partial charge in [-0.2, -0.15) is 0 Å². The molecule has 0 aliphatic carbocycles. The first kappa shape index (κ1) is 15.9. The molecule has 2 rings (SSSR count). The molecule has 0 bridgehead atoms. The summed E-state index contributed by atoms with van der Waals surface area (Å²) in [5.74, 6) is 3.08. The predicted molar refractivity (Wildman–Crippen MR) is 85.8 cm³/mol. The Labute approximate surface area is 131 Å². The van der Waals surface area contributed by atoms with Gasteiger partial charge in [0.2, 0.25) is 0 Å². The van der Waals surface area contributed by atoms with E-state index in [0.717, 1.165) is 30.2 Å². The molecule has 0 saturated carbocycles. The van der Waals surface area contributed by atoms with Gasteiger partial charge in [0.15, 0.2) is 0 Å². The topological polar surface area (TPSA) is 34.4 Å².